The molecule has 1 unspecified atom stereocenters. The van der Waals surface area contributed by atoms with Crippen molar-refractivity contribution in [2.24, 2.45) is 0 Å². The molecule has 1 atom stereocenters. The van der Waals surface area contributed by atoms with E-state index in [9.17, 15) is 14.0 Å². The Hall–Kier alpha value is -2.63. The van der Waals surface area contributed by atoms with Crippen LogP contribution >= 0.6 is 0 Å². The molecule has 0 spiro atoms. The second kappa shape index (κ2) is 6.43. The number of furan rings is 1. The number of aryl methyl sites for hydroxylation is 1. The van der Waals surface area contributed by atoms with Gasteiger partial charge >= 0.3 is 5.97 Å². The SMILES string of the molecule is C=CCCC(NC(=O)c1oc2ccc(F)cc2c1C)C(=O)O. The lowest BCUT2D eigenvalue weighted by molar-refractivity contribution is -0.139. The minimum Gasteiger partial charge on any atom is -0.480 e. The zero-order chi connectivity index (χ0) is 16.3. The van der Waals surface area contributed by atoms with E-state index in [1.54, 1.807) is 13.0 Å². The quantitative estimate of drug-likeness (QED) is 0.804. The number of benzene rings is 1. The van der Waals surface area contributed by atoms with E-state index in [4.69, 9.17) is 9.52 Å². The summed E-state index contributed by atoms with van der Waals surface area (Å²) in [6.07, 6.45) is 2.28. The van der Waals surface area contributed by atoms with Crippen LogP contribution in [0, 0.1) is 12.7 Å². The first kappa shape index (κ1) is 15.8. The molecule has 0 fully saturated rings. The Morgan fingerprint density at radius 1 is 1.50 bits per heavy atom. The largest absolute Gasteiger partial charge is 0.480 e. The molecule has 0 aliphatic heterocycles. The van der Waals surface area contributed by atoms with Crippen LogP contribution in [0.5, 0.6) is 0 Å². The van der Waals surface area contributed by atoms with Crippen molar-refractivity contribution in [3.8, 4) is 0 Å². The molecule has 0 aliphatic rings. The lowest BCUT2D eigenvalue weighted by Crippen LogP contribution is -2.40. The van der Waals surface area contributed by atoms with Gasteiger partial charge in [-0.15, -0.1) is 6.58 Å². The molecule has 2 aromatic rings. The van der Waals surface area contributed by atoms with E-state index < -0.39 is 23.7 Å². The number of nitrogens with one attached hydrogen (secondary N) is 1. The maximum absolute atomic E-state index is 13.3. The second-order valence-electron chi connectivity index (χ2n) is 4.93. The van der Waals surface area contributed by atoms with Gasteiger partial charge in [-0.2, -0.15) is 0 Å². The molecule has 22 heavy (non-hydrogen) atoms. The fraction of sp³-hybridized carbons (Fsp3) is 0.250. The summed E-state index contributed by atoms with van der Waals surface area (Å²) in [6.45, 7) is 5.15. The molecule has 6 heteroatoms. The lowest BCUT2D eigenvalue weighted by Gasteiger charge is -2.12. The first-order valence-electron chi connectivity index (χ1n) is 6.77. The number of hydrogen-bond acceptors (Lipinski definition) is 3. The van der Waals surface area contributed by atoms with Gasteiger partial charge < -0.3 is 14.8 Å². The molecule has 2 N–H and O–H groups in total. The Morgan fingerprint density at radius 2 is 2.23 bits per heavy atom. The average Bonchev–Trinajstić information content (AvgIpc) is 2.80. The summed E-state index contributed by atoms with van der Waals surface area (Å²) >= 11 is 0. The summed E-state index contributed by atoms with van der Waals surface area (Å²) in [6, 6.07) is 2.91. The van der Waals surface area contributed by atoms with Crippen LogP contribution in [-0.2, 0) is 4.79 Å². The average molecular weight is 305 g/mol. The second-order valence-corrected chi connectivity index (χ2v) is 4.93. The van der Waals surface area contributed by atoms with Crippen molar-refractivity contribution in [1.29, 1.82) is 0 Å². The molecule has 0 radical (unpaired) electrons. The van der Waals surface area contributed by atoms with Crippen molar-refractivity contribution in [3.63, 3.8) is 0 Å². The fourth-order valence-corrected chi connectivity index (χ4v) is 2.18. The third-order valence-electron chi connectivity index (χ3n) is 3.37. The minimum atomic E-state index is -1.13. The topological polar surface area (TPSA) is 79.5 Å². The van der Waals surface area contributed by atoms with E-state index >= 15 is 0 Å². The van der Waals surface area contributed by atoms with Crippen LogP contribution in [0.3, 0.4) is 0 Å². The van der Waals surface area contributed by atoms with Crippen LogP contribution < -0.4 is 5.32 Å². The van der Waals surface area contributed by atoms with Gasteiger partial charge in [-0.05, 0) is 38.0 Å². The number of amides is 1. The van der Waals surface area contributed by atoms with Gasteiger partial charge in [0.25, 0.3) is 5.91 Å². The number of halogens is 1. The Kier molecular flexibility index (Phi) is 4.60. The number of rotatable bonds is 6. The lowest BCUT2D eigenvalue weighted by atomic mass is 10.1. The number of carboxylic acid groups (broad SMARTS) is 1. The van der Waals surface area contributed by atoms with Gasteiger partial charge in [0.2, 0.25) is 0 Å². The van der Waals surface area contributed by atoms with Crippen molar-refractivity contribution in [3.05, 3.63) is 48.0 Å². The van der Waals surface area contributed by atoms with Crippen LogP contribution in [0.15, 0.2) is 35.3 Å². The third-order valence-corrected chi connectivity index (χ3v) is 3.37. The van der Waals surface area contributed by atoms with Crippen molar-refractivity contribution in [2.45, 2.75) is 25.8 Å². The number of carbonyl (C=O) groups excluding carboxylic acids is 1. The molecule has 0 bridgehead atoms. The van der Waals surface area contributed by atoms with Crippen LogP contribution in [0.1, 0.15) is 29.0 Å². The summed E-state index contributed by atoms with van der Waals surface area (Å²) in [5.74, 6) is -2.20. The number of carbonyl (C=O) groups is 2. The predicted octanol–water partition coefficient (Wildman–Crippen LogP) is 3.03. The molecule has 0 aliphatic carbocycles. The summed E-state index contributed by atoms with van der Waals surface area (Å²) in [5.41, 5.74) is 0.849. The highest BCUT2D eigenvalue weighted by atomic mass is 19.1. The standard InChI is InChI=1S/C16H16FNO4/c1-3-4-5-12(16(20)21)18-15(19)14-9(2)11-8-10(17)6-7-13(11)22-14/h3,6-8,12H,1,4-5H2,2H3,(H,18,19)(H,20,21). The van der Waals surface area contributed by atoms with Gasteiger partial charge in [-0.3, -0.25) is 4.79 Å². The molecular formula is C16H16FNO4. The Balaban J connectivity index is 2.27. The van der Waals surface area contributed by atoms with Gasteiger partial charge in [0.05, 0.1) is 0 Å². The van der Waals surface area contributed by atoms with E-state index in [-0.39, 0.29) is 12.2 Å². The number of carboxylic acids is 1. The molecule has 1 aromatic carbocycles. The molecule has 1 heterocycles. The molecule has 1 aromatic heterocycles. The highest BCUT2D eigenvalue weighted by molar-refractivity contribution is 6.00. The van der Waals surface area contributed by atoms with Crippen LogP contribution in [0.2, 0.25) is 0 Å². The molecule has 1 amide bonds. The molecular weight excluding hydrogens is 289 g/mol. The number of aliphatic carboxylic acids is 1. The summed E-state index contributed by atoms with van der Waals surface area (Å²) in [7, 11) is 0. The van der Waals surface area contributed by atoms with Crippen LogP contribution in [-0.4, -0.2) is 23.0 Å². The predicted molar refractivity (Wildman–Crippen MR) is 79.2 cm³/mol. The molecule has 0 saturated carbocycles. The van der Waals surface area contributed by atoms with E-state index in [2.05, 4.69) is 11.9 Å². The summed E-state index contributed by atoms with van der Waals surface area (Å²) in [5, 5.41) is 12.0. The number of allylic oxidation sites excluding steroid dienone is 1. The zero-order valence-corrected chi connectivity index (χ0v) is 12.1. The van der Waals surface area contributed by atoms with Crippen molar-refractivity contribution < 1.29 is 23.5 Å². The normalized spacial score (nSPS) is 12.1. The van der Waals surface area contributed by atoms with Crippen molar-refractivity contribution >= 4 is 22.8 Å². The maximum atomic E-state index is 13.3. The number of fused-ring (bicyclic) bond motifs is 1. The minimum absolute atomic E-state index is 0.00884. The Labute approximate surface area is 126 Å². The fourth-order valence-electron chi connectivity index (χ4n) is 2.18. The summed E-state index contributed by atoms with van der Waals surface area (Å²) < 4.78 is 18.7. The Morgan fingerprint density at radius 3 is 2.86 bits per heavy atom. The van der Waals surface area contributed by atoms with Gasteiger partial charge in [0.1, 0.15) is 17.4 Å². The molecule has 0 saturated heterocycles. The zero-order valence-electron chi connectivity index (χ0n) is 12.1. The van der Waals surface area contributed by atoms with Gasteiger partial charge in [-0.1, -0.05) is 6.08 Å². The maximum Gasteiger partial charge on any atom is 0.326 e. The first-order valence-corrected chi connectivity index (χ1v) is 6.77. The Bertz CT molecular complexity index is 735. The van der Waals surface area contributed by atoms with Crippen LogP contribution in [0.25, 0.3) is 11.0 Å². The van der Waals surface area contributed by atoms with E-state index in [1.165, 1.54) is 18.2 Å². The highest BCUT2D eigenvalue weighted by Gasteiger charge is 2.24. The van der Waals surface area contributed by atoms with Crippen molar-refractivity contribution in [2.75, 3.05) is 0 Å². The highest BCUT2D eigenvalue weighted by Crippen LogP contribution is 2.26. The van der Waals surface area contributed by atoms with Gasteiger partial charge in [0.15, 0.2) is 5.76 Å². The molecule has 116 valence electrons. The van der Waals surface area contributed by atoms with E-state index in [0.717, 1.165) is 0 Å². The van der Waals surface area contributed by atoms with Gasteiger partial charge in [-0.25, -0.2) is 9.18 Å². The smallest absolute Gasteiger partial charge is 0.326 e. The monoisotopic (exact) mass is 305 g/mol. The van der Waals surface area contributed by atoms with Crippen LogP contribution in [0.4, 0.5) is 4.39 Å². The third kappa shape index (κ3) is 3.16. The first-order chi connectivity index (χ1) is 10.4. The van der Waals surface area contributed by atoms with Crippen molar-refractivity contribution in [1.82, 2.24) is 5.32 Å². The molecule has 2 rings (SSSR count). The number of hydrogen-bond donors (Lipinski definition) is 2. The van der Waals surface area contributed by atoms with E-state index in [0.29, 0.717) is 23.0 Å². The molecule has 5 nitrogen and oxygen atoms in total. The van der Waals surface area contributed by atoms with Gasteiger partial charge in [0, 0.05) is 10.9 Å². The summed E-state index contributed by atoms with van der Waals surface area (Å²) in [4.78, 5) is 23.4. The van der Waals surface area contributed by atoms with E-state index in [1.807, 2.05) is 0 Å².